The standard InChI is InChI=1S/C10H8F3NO2/c1-2-6-5-7(16-10(11,12)13)3-4-8(6)9(14)15/h2-5H,1H2,(H2,14,15). The minimum absolute atomic E-state index is 0.0875. The summed E-state index contributed by atoms with van der Waals surface area (Å²) in [6, 6.07) is 3.21. The minimum atomic E-state index is -4.77. The number of primary amides is 1. The van der Waals surface area contributed by atoms with Crippen molar-refractivity contribution in [2.24, 2.45) is 5.73 Å². The summed E-state index contributed by atoms with van der Waals surface area (Å²) in [5.74, 6) is -1.17. The average Bonchev–Trinajstić information content (AvgIpc) is 2.14. The molecule has 1 amide bonds. The fourth-order valence-electron chi connectivity index (χ4n) is 1.13. The molecule has 0 unspecified atom stereocenters. The SMILES string of the molecule is C=Cc1cc(OC(F)(F)F)ccc1C(N)=O. The van der Waals surface area contributed by atoms with Crippen LogP contribution in [0.3, 0.4) is 0 Å². The topological polar surface area (TPSA) is 52.3 Å². The zero-order valence-electron chi connectivity index (χ0n) is 8.04. The van der Waals surface area contributed by atoms with Crippen molar-refractivity contribution >= 4 is 12.0 Å². The van der Waals surface area contributed by atoms with Crippen LogP contribution < -0.4 is 10.5 Å². The third kappa shape index (κ3) is 3.01. The molecule has 6 heteroatoms. The van der Waals surface area contributed by atoms with E-state index in [9.17, 15) is 18.0 Å². The first kappa shape index (κ1) is 12.1. The molecule has 0 heterocycles. The molecule has 1 aromatic rings. The summed E-state index contributed by atoms with van der Waals surface area (Å²) in [7, 11) is 0. The minimum Gasteiger partial charge on any atom is -0.406 e. The van der Waals surface area contributed by atoms with Gasteiger partial charge in [0.2, 0.25) is 5.91 Å². The van der Waals surface area contributed by atoms with Gasteiger partial charge in [0, 0.05) is 5.56 Å². The molecular formula is C10H8F3NO2. The van der Waals surface area contributed by atoms with Gasteiger partial charge in [-0.15, -0.1) is 13.2 Å². The molecule has 0 aliphatic carbocycles. The Kier molecular flexibility index (Phi) is 3.22. The number of alkyl halides is 3. The molecule has 16 heavy (non-hydrogen) atoms. The van der Waals surface area contributed by atoms with E-state index in [2.05, 4.69) is 11.3 Å². The summed E-state index contributed by atoms with van der Waals surface area (Å²) in [5.41, 5.74) is 5.29. The van der Waals surface area contributed by atoms with Crippen molar-refractivity contribution in [1.82, 2.24) is 0 Å². The highest BCUT2D eigenvalue weighted by Crippen LogP contribution is 2.25. The Labute approximate surface area is 89.3 Å². The van der Waals surface area contributed by atoms with Crippen LogP contribution in [0.4, 0.5) is 13.2 Å². The van der Waals surface area contributed by atoms with E-state index < -0.39 is 18.0 Å². The molecule has 0 atom stereocenters. The highest BCUT2D eigenvalue weighted by atomic mass is 19.4. The largest absolute Gasteiger partial charge is 0.573 e. The predicted octanol–water partition coefficient (Wildman–Crippen LogP) is 2.33. The summed E-state index contributed by atoms with van der Waals surface area (Å²) in [6.45, 7) is 3.37. The van der Waals surface area contributed by atoms with Crippen LogP contribution in [0.15, 0.2) is 24.8 Å². The van der Waals surface area contributed by atoms with Gasteiger partial charge in [-0.2, -0.15) is 0 Å². The van der Waals surface area contributed by atoms with E-state index in [0.29, 0.717) is 0 Å². The van der Waals surface area contributed by atoms with E-state index in [4.69, 9.17) is 5.73 Å². The first-order valence-corrected chi connectivity index (χ1v) is 4.15. The monoisotopic (exact) mass is 231 g/mol. The molecule has 1 aromatic carbocycles. The van der Waals surface area contributed by atoms with E-state index >= 15 is 0 Å². The second kappa shape index (κ2) is 4.26. The number of halogens is 3. The molecule has 1 rings (SSSR count). The van der Waals surface area contributed by atoms with Crippen molar-refractivity contribution < 1.29 is 22.7 Å². The smallest absolute Gasteiger partial charge is 0.406 e. The highest BCUT2D eigenvalue weighted by molar-refractivity contribution is 5.96. The normalized spacial score (nSPS) is 10.9. The molecule has 0 saturated carbocycles. The Balaban J connectivity index is 3.09. The second-order valence-corrected chi connectivity index (χ2v) is 2.87. The van der Waals surface area contributed by atoms with Crippen LogP contribution in [0.25, 0.3) is 6.08 Å². The molecule has 0 radical (unpaired) electrons. The molecule has 86 valence electrons. The predicted molar refractivity (Wildman–Crippen MR) is 51.7 cm³/mol. The molecule has 0 aliphatic rings. The third-order valence-corrected chi connectivity index (χ3v) is 1.74. The van der Waals surface area contributed by atoms with Gasteiger partial charge in [0.05, 0.1) is 0 Å². The average molecular weight is 231 g/mol. The van der Waals surface area contributed by atoms with E-state index in [0.717, 1.165) is 18.2 Å². The molecule has 0 saturated heterocycles. The summed E-state index contributed by atoms with van der Waals surface area (Å²) in [4.78, 5) is 10.9. The van der Waals surface area contributed by atoms with Crippen molar-refractivity contribution in [3.05, 3.63) is 35.9 Å². The summed E-state index contributed by atoms with van der Waals surface area (Å²) < 4.78 is 39.4. The first-order chi connectivity index (χ1) is 7.33. The quantitative estimate of drug-likeness (QED) is 0.867. The first-order valence-electron chi connectivity index (χ1n) is 4.15. The Bertz CT molecular complexity index is 427. The van der Waals surface area contributed by atoms with E-state index in [-0.39, 0.29) is 11.1 Å². The number of nitrogens with two attached hydrogens (primary N) is 1. The number of carbonyl (C=O) groups excluding carboxylic acids is 1. The van der Waals surface area contributed by atoms with Gasteiger partial charge in [0.15, 0.2) is 0 Å². The van der Waals surface area contributed by atoms with Crippen LogP contribution in [0.5, 0.6) is 5.75 Å². The summed E-state index contributed by atoms with van der Waals surface area (Å²) >= 11 is 0. The molecule has 0 aliphatic heterocycles. The molecular weight excluding hydrogens is 223 g/mol. The maximum absolute atomic E-state index is 11.9. The third-order valence-electron chi connectivity index (χ3n) is 1.74. The zero-order chi connectivity index (χ0) is 12.3. The van der Waals surface area contributed by atoms with Crippen LogP contribution >= 0.6 is 0 Å². The Morgan fingerprint density at radius 1 is 1.44 bits per heavy atom. The molecule has 0 aromatic heterocycles. The number of benzene rings is 1. The Hall–Kier alpha value is -1.98. The van der Waals surface area contributed by atoms with Gasteiger partial charge in [0.25, 0.3) is 0 Å². The molecule has 0 bridgehead atoms. The van der Waals surface area contributed by atoms with Crippen molar-refractivity contribution in [2.45, 2.75) is 6.36 Å². The number of ether oxygens (including phenoxy) is 1. The number of hydrogen-bond acceptors (Lipinski definition) is 2. The molecule has 0 spiro atoms. The van der Waals surface area contributed by atoms with E-state index in [1.807, 2.05) is 0 Å². The lowest BCUT2D eigenvalue weighted by atomic mass is 10.1. The van der Waals surface area contributed by atoms with Crippen LogP contribution in [0, 0.1) is 0 Å². The number of hydrogen-bond donors (Lipinski definition) is 1. The van der Waals surface area contributed by atoms with Crippen molar-refractivity contribution in [2.75, 3.05) is 0 Å². The van der Waals surface area contributed by atoms with Gasteiger partial charge >= 0.3 is 6.36 Å². The van der Waals surface area contributed by atoms with Crippen molar-refractivity contribution in [3.63, 3.8) is 0 Å². The van der Waals surface area contributed by atoms with Crippen LogP contribution in [-0.2, 0) is 0 Å². The molecule has 0 fully saturated rings. The van der Waals surface area contributed by atoms with Gasteiger partial charge in [-0.3, -0.25) is 4.79 Å². The number of carbonyl (C=O) groups is 1. The van der Waals surface area contributed by atoms with Gasteiger partial charge < -0.3 is 10.5 Å². The maximum atomic E-state index is 11.9. The van der Waals surface area contributed by atoms with Gasteiger partial charge in [0.1, 0.15) is 5.75 Å². The lowest BCUT2D eigenvalue weighted by Gasteiger charge is -2.10. The summed E-state index contributed by atoms with van der Waals surface area (Å²) in [5, 5.41) is 0. The highest BCUT2D eigenvalue weighted by Gasteiger charge is 2.31. The second-order valence-electron chi connectivity index (χ2n) is 2.87. The van der Waals surface area contributed by atoms with Crippen molar-refractivity contribution in [1.29, 1.82) is 0 Å². The molecule has 3 nitrogen and oxygen atoms in total. The maximum Gasteiger partial charge on any atom is 0.573 e. The number of amides is 1. The van der Waals surface area contributed by atoms with Crippen LogP contribution in [-0.4, -0.2) is 12.3 Å². The summed E-state index contributed by atoms with van der Waals surface area (Å²) in [6.07, 6.45) is -3.55. The fraction of sp³-hybridized carbons (Fsp3) is 0.100. The molecule has 2 N–H and O–H groups in total. The van der Waals surface area contributed by atoms with Gasteiger partial charge in [-0.05, 0) is 23.8 Å². The Morgan fingerprint density at radius 3 is 2.50 bits per heavy atom. The van der Waals surface area contributed by atoms with Crippen molar-refractivity contribution in [3.8, 4) is 5.75 Å². The number of rotatable bonds is 3. The fourth-order valence-corrected chi connectivity index (χ4v) is 1.13. The van der Waals surface area contributed by atoms with Crippen LogP contribution in [0.2, 0.25) is 0 Å². The van der Waals surface area contributed by atoms with Crippen LogP contribution in [0.1, 0.15) is 15.9 Å². The van der Waals surface area contributed by atoms with E-state index in [1.54, 1.807) is 0 Å². The lowest BCUT2D eigenvalue weighted by Crippen LogP contribution is -2.18. The zero-order valence-corrected chi connectivity index (χ0v) is 8.04. The lowest BCUT2D eigenvalue weighted by molar-refractivity contribution is -0.274. The Morgan fingerprint density at radius 2 is 2.06 bits per heavy atom. The van der Waals surface area contributed by atoms with Gasteiger partial charge in [-0.1, -0.05) is 12.7 Å². The van der Waals surface area contributed by atoms with Gasteiger partial charge in [-0.25, -0.2) is 0 Å². The van der Waals surface area contributed by atoms with E-state index in [1.165, 1.54) is 6.08 Å².